The van der Waals surface area contributed by atoms with E-state index in [1.54, 1.807) is 7.11 Å². The lowest BCUT2D eigenvalue weighted by Crippen LogP contribution is -2.08. The van der Waals surface area contributed by atoms with Crippen molar-refractivity contribution in [3.05, 3.63) is 22.2 Å². The van der Waals surface area contributed by atoms with Gasteiger partial charge in [0.2, 0.25) is 0 Å². The molecular weight excluding hydrogens is 298 g/mol. The smallest absolute Gasteiger partial charge is 0.165 e. The first-order valence-electron chi connectivity index (χ1n) is 6.06. The van der Waals surface area contributed by atoms with Gasteiger partial charge in [-0.2, -0.15) is 0 Å². The Hall–Kier alpha value is -0.780. The van der Waals surface area contributed by atoms with Crippen molar-refractivity contribution in [2.24, 2.45) is 11.8 Å². The zero-order valence-electron chi connectivity index (χ0n) is 10.4. The zero-order chi connectivity index (χ0) is 13.0. The van der Waals surface area contributed by atoms with E-state index in [4.69, 9.17) is 15.4 Å². The summed E-state index contributed by atoms with van der Waals surface area (Å²) < 4.78 is 12.3. The second-order valence-electron chi connectivity index (χ2n) is 4.43. The van der Waals surface area contributed by atoms with Gasteiger partial charge in [-0.1, -0.05) is 15.9 Å². The fraction of sp³-hybridized carbons (Fsp3) is 0.538. The SMILES string of the molecule is COc1ccc(Br)c(CCON)c1OCC1CC1. The maximum absolute atomic E-state index is 5.91. The molecule has 100 valence electrons. The number of hydrogen-bond donors (Lipinski definition) is 1. The highest BCUT2D eigenvalue weighted by Crippen LogP contribution is 2.38. The van der Waals surface area contributed by atoms with Crippen LogP contribution in [0.25, 0.3) is 0 Å². The fourth-order valence-corrected chi connectivity index (χ4v) is 2.29. The fourth-order valence-electron chi connectivity index (χ4n) is 1.78. The lowest BCUT2D eigenvalue weighted by Gasteiger charge is -2.16. The third kappa shape index (κ3) is 3.37. The van der Waals surface area contributed by atoms with Crippen LogP contribution in [0.1, 0.15) is 18.4 Å². The summed E-state index contributed by atoms with van der Waals surface area (Å²) in [5, 5.41) is 0. The lowest BCUT2D eigenvalue weighted by molar-refractivity contribution is 0.140. The minimum Gasteiger partial charge on any atom is -0.493 e. The molecule has 0 aliphatic heterocycles. The molecule has 5 heteroatoms. The second-order valence-corrected chi connectivity index (χ2v) is 5.29. The standard InChI is InChI=1S/C13H18BrNO3/c1-16-12-5-4-11(14)10(6-7-18-15)13(12)17-8-9-2-3-9/h4-5,9H,2-3,6-8,15H2,1H3. The van der Waals surface area contributed by atoms with Crippen LogP contribution in [0, 0.1) is 5.92 Å². The predicted octanol–water partition coefficient (Wildman–Crippen LogP) is 2.68. The van der Waals surface area contributed by atoms with Crippen LogP contribution in [-0.4, -0.2) is 20.3 Å². The summed E-state index contributed by atoms with van der Waals surface area (Å²) in [5.41, 5.74) is 1.04. The van der Waals surface area contributed by atoms with Gasteiger partial charge in [0.05, 0.1) is 20.3 Å². The first-order chi connectivity index (χ1) is 8.76. The Balaban J connectivity index is 2.20. The summed E-state index contributed by atoms with van der Waals surface area (Å²) in [6.45, 7) is 1.20. The minimum atomic E-state index is 0.450. The molecule has 2 N–H and O–H groups in total. The molecule has 2 rings (SSSR count). The number of methoxy groups -OCH3 is 1. The van der Waals surface area contributed by atoms with E-state index in [1.807, 2.05) is 12.1 Å². The molecule has 18 heavy (non-hydrogen) atoms. The topological polar surface area (TPSA) is 53.7 Å². The molecule has 0 saturated heterocycles. The van der Waals surface area contributed by atoms with Crippen molar-refractivity contribution in [2.45, 2.75) is 19.3 Å². The Bertz CT molecular complexity index is 407. The highest BCUT2D eigenvalue weighted by molar-refractivity contribution is 9.10. The average Bonchev–Trinajstić information content (AvgIpc) is 3.19. The largest absolute Gasteiger partial charge is 0.493 e. The Morgan fingerprint density at radius 2 is 2.17 bits per heavy atom. The van der Waals surface area contributed by atoms with Crippen LogP contribution in [0.2, 0.25) is 0 Å². The van der Waals surface area contributed by atoms with Crippen LogP contribution < -0.4 is 15.4 Å². The van der Waals surface area contributed by atoms with E-state index >= 15 is 0 Å². The van der Waals surface area contributed by atoms with Gasteiger partial charge < -0.3 is 14.3 Å². The van der Waals surface area contributed by atoms with Crippen molar-refractivity contribution >= 4 is 15.9 Å². The van der Waals surface area contributed by atoms with Gasteiger partial charge in [0, 0.05) is 16.5 Å². The number of benzene rings is 1. The molecule has 1 fully saturated rings. The maximum Gasteiger partial charge on any atom is 0.165 e. The van der Waals surface area contributed by atoms with Gasteiger partial charge >= 0.3 is 0 Å². The van der Waals surface area contributed by atoms with E-state index in [9.17, 15) is 0 Å². The minimum absolute atomic E-state index is 0.450. The number of rotatable bonds is 7. The van der Waals surface area contributed by atoms with Crippen molar-refractivity contribution < 1.29 is 14.3 Å². The monoisotopic (exact) mass is 315 g/mol. The third-order valence-electron chi connectivity index (χ3n) is 3.02. The van der Waals surface area contributed by atoms with Crippen LogP contribution in [0.5, 0.6) is 11.5 Å². The van der Waals surface area contributed by atoms with Crippen LogP contribution in [0.15, 0.2) is 16.6 Å². The summed E-state index contributed by atoms with van der Waals surface area (Å²) in [6.07, 6.45) is 3.21. The molecule has 0 amide bonds. The molecular formula is C13H18BrNO3. The first-order valence-corrected chi connectivity index (χ1v) is 6.85. The quantitative estimate of drug-likeness (QED) is 0.786. The summed E-state index contributed by atoms with van der Waals surface area (Å²) in [4.78, 5) is 4.65. The van der Waals surface area contributed by atoms with Gasteiger partial charge in [-0.15, -0.1) is 0 Å². The average molecular weight is 316 g/mol. The third-order valence-corrected chi connectivity index (χ3v) is 3.76. The molecule has 0 aromatic heterocycles. The molecule has 1 aliphatic carbocycles. The number of nitrogens with two attached hydrogens (primary N) is 1. The summed E-state index contributed by atoms with van der Waals surface area (Å²) in [5.74, 6) is 7.35. The highest BCUT2D eigenvalue weighted by atomic mass is 79.9. The van der Waals surface area contributed by atoms with E-state index in [0.29, 0.717) is 18.9 Å². The van der Waals surface area contributed by atoms with Gasteiger partial charge in [0.15, 0.2) is 11.5 Å². The molecule has 0 atom stereocenters. The van der Waals surface area contributed by atoms with E-state index in [2.05, 4.69) is 20.8 Å². The number of halogens is 1. The van der Waals surface area contributed by atoms with E-state index in [-0.39, 0.29) is 0 Å². The Kier molecular flexibility index (Phi) is 4.86. The Labute approximate surface area is 115 Å². The highest BCUT2D eigenvalue weighted by Gasteiger charge is 2.24. The molecule has 4 nitrogen and oxygen atoms in total. The van der Waals surface area contributed by atoms with E-state index in [1.165, 1.54) is 12.8 Å². The van der Waals surface area contributed by atoms with Gasteiger partial charge in [-0.25, -0.2) is 5.90 Å². The number of hydrogen-bond acceptors (Lipinski definition) is 4. The van der Waals surface area contributed by atoms with Gasteiger partial charge in [0.1, 0.15) is 0 Å². The van der Waals surface area contributed by atoms with Gasteiger partial charge in [-0.3, -0.25) is 0 Å². The number of ether oxygens (including phenoxy) is 2. The van der Waals surface area contributed by atoms with E-state index in [0.717, 1.165) is 28.1 Å². The summed E-state index contributed by atoms with van der Waals surface area (Å²) >= 11 is 3.53. The molecule has 1 saturated carbocycles. The molecule has 0 radical (unpaired) electrons. The van der Waals surface area contributed by atoms with Crippen molar-refractivity contribution in [2.75, 3.05) is 20.3 Å². The first kappa shape index (κ1) is 13.6. The van der Waals surface area contributed by atoms with Crippen LogP contribution >= 0.6 is 15.9 Å². The Morgan fingerprint density at radius 3 is 2.78 bits per heavy atom. The molecule has 0 heterocycles. The molecule has 0 bridgehead atoms. The van der Waals surface area contributed by atoms with Crippen molar-refractivity contribution in [3.63, 3.8) is 0 Å². The molecule has 0 spiro atoms. The van der Waals surface area contributed by atoms with Crippen molar-refractivity contribution in [1.29, 1.82) is 0 Å². The van der Waals surface area contributed by atoms with Gasteiger partial charge in [-0.05, 0) is 30.9 Å². The van der Waals surface area contributed by atoms with Crippen LogP contribution in [0.4, 0.5) is 0 Å². The van der Waals surface area contributed by atoms with Crippen molar-refractivity contribution in [3.8, 4) is 11.5 Å². The van der Waals surface area contributed by atoms with Crippen molar-refractivity contribution in [1.82, 2.24) is 0 Å². The normalized spacial score (nSPS) is 14.6. The summed E-state index contributed by atoms with van der Waals surface area (Å²) in [7, 11) is 1.65. The molecule has 1 aromatic rings. The molecule has 1 aromatic carbocycles. The lowest BCUT2D eigenvalue weighted by atomic mass is 10.1. The van der Waals surface area contributed by atoms with Gasteiger partial charge in [0.25, 0.3) is 0 Å². The predicted molar refractivity (Wildman–Crippen MR) is 72.8 cm³/mol. The summed E-state index contributed by atoms with van der Waals surface area (Å²) in [6, 6.07) is 3.85. The van der Waals surface area contributed by atoms with Crippen LogP contribution in [0.3, 0.4) is 0 Å². The second kappa shape index (κ2) is 6.41. The van der Waals surface area contributed by atoms with Crippen LogP contribution in [-0.2, 0) is 11.3 Å². The Morgan fingerprint density at radius 1 is 1.39 bits per heavy atom. The van der Waals surface area contributed by atoms with E-state index < -0.39 is 0 Å². The zero-order valence-corrected chi connectivity index (χ0v) is 12.0. The maximum atomic E-state index is 5.91. The molecule has 1 aliphatic rings. The molecule has 0 unspecified atom stereocenters.